The summed E-state index contributed by atoms with van der Waals surface area (Å²) in [6.07, 6.45) is 8.88. The van der Waals surface area contributed by atoms with Crippen LogP contribution in [0.2, 0.25) is 0 Å². The van der Waals surface area contributed by atoms with Crippen molar-refractivity contribution in [3.05, 3.63) is 16.8 Å². The number of nitrogens with zero attached hydrogens (tertiary/aromatic N) is 2. The average Bonchev–Trinajstić information content (AvgIpc) is 3.00. The second-order valence-electron chi connectivity index (χ2n) is 5.79. The van der Waals surface area contributed by atoms with Crippen molar-refractivity contribution in [1.29, 1.82) is 5.26 Å². The summed E-state index contributed by atoms with van der Waals surface area (Å²) in [5.74, 6) is 0. The first-order valence-electron chi connectivity index (χ1n) is 7.03. The Balaban J connectivity index is 1.77. The molecule has 0 aliphatic heterocycles. The fourth-order valence-electron chi connectivity index (χ4n) is 3.03. The molecule has 1 heterocycles. The van der Waals surface area contributed by atoms with Crippen LogP contribution in [0.15, 0.2) is 16.8 Å². The summed E-state index contributed by atoms with van der Waals surface area (Å²) in [6, 6.07) is 5.43. The predicted molar refractivity (Wildman–Crippen MR) is 75.8 cm³/mol. The zero-order chi connectivity index (χ0) is 12.4. The van der Waals surface area contributed by atoms with Crippen LogP contribution >= 0.6 is 11.3 Å². The Bertz CT molecular complexity index is 422. The van der Waals surface area contributed by atoms with Crippen LogP contribution in [0.3, 0.4) is 0 Å². The minimum Gasteiger partial charge on any atom is -0.366 e. The Morgan fingerprint density at radius 1 is 1.33 bits per heavy atom. The van der Waals surface area contributed by atoms with E-state index in [0.29, 0.717) is 6.04 Å². The minimum absolute atomic E-state index is 0.0284. The van der Waals surface area contributed by atoms with Gasteiger partial charge in [-0.25, -0.2) is 0 Å². The topological polar surface area (TPSA) is 27.0 Å². The van der Waals surface area contributed by atoms with Gasteiger partial charge in [0.05, 0.1) is 11.5 Å². The summed E-state index contributed by atoms with van der Waals surface area (Å²) >= 11 is 1.76. The van der Waals surface area contributed by atoms with E-state index in [1.165, 1.54) is 37.8 Å². The van der Waals surface area contributed by atoms with E-state index in [1.54, 1.807) is 11.3 Å². The van der Waals surface area contributed by atoms with Gasteiger partial charge in [-0.3, -0.25) is 0 Å². The van der Waals surface area contributed by atoms with Gasteiger partial charge in [0.25, 0.3) is 0 Å². The number of hydrogen-bond donors (Lipinski definition) is 0. The van der Waals surface area contributed by atoms with E-state index in [9.17, 15) is 5.26 Å². The molecule has 0 saturated heterocycles. The van der Waals surface area contributed by atoms with E-state index in [-0.39, 0.29) is 5.41 Å². The Labute approximate surface area is 113 Å². The van der Waals surface area contributed by atoms with E-state index >= 15 is 0 Å². The van der Waals surface area contributed by atoms with Crippen molar-refractivity contribution < 1.29 is 0 Å². The molecule has 2 fully saturated rings. The van der Waals surface area contributed by atoms with Crippen molar-refractivity contribution in [3.63, 3.8) is 0 Å². The summed E-state index contributed by atoms with van der Waals surface area (Å²) in [6.45, 7) is 0.949. The van der Waals surface area contributed by atoms with Crippen LogP contribution in [-0.2, 0) is 0 Å². The maximum Gasteiger partial charge on any atom is 0.0749 e. The Hall–Kier alpha value is -1.01. The number of nitriles is 1. The first kappa shape index (κ1) is 12.0. The van der Waals surface area contributed by atoms with E-state index in [1.807, 2.05) is 0 Å². The van der Waals surface area contributed by atoms with Crippen molar-refractivity contribution in [2.45, 2.75) is 51.0 Å². The molecule has 1 aromatic heterocycles. The molecule has 0 amide bonds. The maximum atomic E-state index is 9.33. The normalized spacial score (nSPS) is 22.4. The van der Waals surface area contributed by atoms with Crippen LogP contribution in [0, 0.1) is 16.7 Å². The lowest BCUT2D eigenvalue weighted by atomic mass is 9.93. The van der Waals surface area contributed by atoms with Crippen molar-refractivity contribution in [3.8, 4) is 6.07 Å². The summed E-state index contributed by atoms with van der Waals surface area (Å²) in [7, 11) is 0. The van der Waals surface area contributed by atoms with Crippen LogP contribution in [0.25, 0.3) is 0 Å². The molecule has 1 aromatic rings. The Kier molecular flexibility index (Phi) is 3.30. The van der Waals surface area contributed by atoms with Gasteiger partial charge < -0.3 is 4.90 Å². The van der Waals surface area contributed by atoms with Crippen molar-refractivity contribution in [1.82, 2.24) is 0 Å². The highest BCUT2D eigenvalue weighted by atomic mass is 32.1. The van der Waals surface area contributed by atoms with Gasteiger partial charge in [0.1, 0.15) is 0 Å². The fourth-order valence-corrected chi connectivity index (χ4v) is 3.68. The molecule has 2 nitrogen and oxygen atoms in total. The van der Waals surface area contributed by atoms with Gasteiger partial charge in [0.2, 0.25) is 0 Å². The molecular weight excluding hydrogens is 240 g/mol. The Morgan fingerprint density at radius 2 is 2.11 bits per heavy atom. The first-order chi connectivity index (χ1) is 8.83. The lowest BCUT2D eigenvalue weighted by molar-refractivity contribution is 0.401. The smallest absolute Gasteiger partial charge is 0.0749 e. The Morgan fingerprint density at radius 3 is 2.67 bits per heavy atom. The van der Waals surface area contributed by atoms with Crippen LogP contribution in [0.1, 0.15) is 44.9 Å². The minimum atomic E-state index is -0.0284. The molecule has 3 heteroatoms. The molecule has 18 heavy (non-hydrogen) atoms. The predicted octanol–water partition coefficient (Wildman–Crippen LogP) is 4.19. The fraction of sp³-hybridized carbons (Fsp3) is 0.667. The van der Waals surface area contributed by atoms with Crippen LogP contribution in [0.5, 0.6) is 0 Å². The molecule has 2 aliphatic carbocycles. The molecule has 3 rings (SSSR count). The van der Waals surface area contributed by atoms with Gasteiger partial charge in [0.15, 0.2) is 0 Å². The van der Waals surface area contributed by atoms with Crippen molar-refractivity contribution in [2.75, 3.05) is 11.4 Å². The van der Waals surface area contributed by atoms with Gasteiger partial charge in [-0.05, 0) is 37.1 Å². The molecule has 0 unspecified atom stereocenters. The molecule has 0 spiro atoms. The summed E-state index contributed by atoms with van der Waals surface area (Å²) in [5.41, 5.74) is 1.31. The monoisotopic (exact) mass is 260 g/mol. The van der Waals surface area contributed by atoms with E-state index in [0.717, 1.165) is 19.4 Å². The third kappa shape index (κ3) is 2.40. The highest BCUT2D eigenvalue weighted by Gasteiger charge is 2.45. The molecular formula is C15H20N2S. The largest absolute Gasteiger partial charge is 0.366 e. The van der Waals surface area contributed by atoms with Gasteiger partial charge in [-0.2, -0.15) is 16.6 Å². The lowest BCUT2D eigenvalue weighted by Gasteiger charge is -2.36. The molecule has 2 saturated carbocycles. The first-order valence-corrected chi connectivity index (χ1v) is 7.97. The van der Waals surface area contributed by atoms with Gasteiger partial charge in [-0.15, -0.1) is 0 Å². The molecule has 0 atom stereocenters. The van der Waals surface area contributed by atoms with Gasteiger partial charge >= 0.3 is 0 Å². The molecule has 2 aliphatic rings. The number of rotatable bonds is 4. The second-order valence-corrected chi connectivity index (χ2v) is 6.57. The number of hydrogen-bond acceptors (Lipinski definition) is 3. The molecule has 0 bridgehead atoms. The van der Waals surface area contributed by atoms with Crippen molar-refractivity contribution >= 4 is 17.0 Å². The highest BCUT2D eigenvalue weighted by Crippen LogP contribution is 2.47. The highest BCUT2D eigenvalue weighted by molar-refractivity contribution is 7.08. The second kappa shape index (κ2) is 4.93. The van der Waals surface area contributed by atoms with Gasteiger partial charge in [0, 0.05) is 23.7 Å². The summed E-state index contributed by atoms with van der Waals surface area (Å²) in [5, 5.41) is 13.7. The molecule has 0 N–H and O–H groups in total. The maximum absolute atomic E-state index is 9.33. The van der Waals surface area contributed by atoms with Crippen LogP contribution in [-0.4, -0.2) is 12.6 Å². The third-order valence-corrected chi connectivity index (χ3v) is 5.09. The summed E-state index contributed by atoms with van der Waals surface area (Å²) < 4.78 is 0. The average molecular weight is 260 g/mol. The zero-order valence-electron chi connectivity index (χ0n) is 10.8. The van der Waals surface area contributed by atoms with E-state index in [4.69, 9.17) is 0 Å². The lowest BCUT2D eigenvalue weighted by Crippen LogP contribution is -2.40. The molecule has 0 radical (unpaired) electrons. The van der Waals surface area contributed by atoms with E-state index < -0.39 is 0 Å². The molecule has 0 aromatic carbocycles. The quantitative estimate of drug-likeness (QED) is 0.811. The molecule has 96 valence electrons. The number of anilines is 1. The zero-order valence-corrected chi connectivity index (χ0v) is 11.6. The third-order valence-electron chi connectivity index (χ3n) is 4.42. The van der Waals surface area contributed by atoms with E-state index in [2.05, 4.69) is 27.8 Å². The summed E-state index contributed by atoms with van der Waals surface area (Å²) in [4.78, 5) is 2.53. The number of thiophene rings is 1. The van der Waals surface area contributed by atoms with Crippen molar-refractivity contribution in [2.24, 2.45) is 5.41 Å². The van der Waals surface area contributed by atoms with Gasteiger partial charge in [-0.1, -0.05) is 19.3 Å². The van der Waals surface area contributed by atoms with Crippen LogP contribution in [0.4, 0.5) is 5.69 Å². The SMILES string of the molecule is N#CC1(CN(c2ccsc2)C2CCCCC2)CC1. The van der Waals surface area contributed by atoms with Crippen LogP contribution < -0.4 is 4.90 Å². The standard InChI is InChI=1S/C15H20N2S/c16-11-15(7-8-15)12-17(14-6-9-18-10-14)13-4-2-1-3-5-13/h6,9-10,13H,1-5,7-8,12H2.